The van der Waals surface area contributed by atoms with Crippen LogP contribution in [0.3, 0.4) is 0 Å². The molecular weight excluding hydrogens is 214 g/mol. The molecule has 0 aromatic carbocycles. The fourth-order valence-electron chi connectivity index (χ4n) is 1.26. The monoisotopic (exact) mass is 229 g/mol. The van der Waals surface area contributed by atoms with E-state index in [9.17, 15) is 10.2 Å². The topological polar surface area (TPSA) is 105 Å². The molecular formula is C9H15N3O2S. The van der Waals surface area contributed by atoms with Crippen LogP contribution >= 0.6 is 12.6 Å². The fourth-order valence-corrected chi connectivity index (χ4v) is 1.46. The molecule has 0 saturated carbocycles. The van der Waals surface area contributed by atoms with E-state index >= 15 is 0 Å². The van der Waals surface area contributed by atoms with Crippen LogP contribution < -0.4 is 11.5 Å². The SMILES string of the molecule is Cc1nc(N)c(N)cc1C(O)C(O)CS. The molecule has 0 saturated heterocycles. The number of thiol groups is 1. The van der Waals surface area contributed by atoms with E-state index in [0.717, 1.165) is 0 Å². The summed E-state index contributed by atoms with van der Waals surface area (Å²) in [7, 11) is 0. The number of hydrogen-bond acceptors (Lipinski definition) is 6. The van der Waals surface area contributed by atoms with Crippen molar-refractivity contribution >= 4 is 24.1 Å². The summed E-state index contributed by atoms with van der Waals surface area (Å²) in [5, 5.41) is 19.2. The third-order valence-electron chi connectivity index (χ3n) is 2.18. The van der Waals surface area contributed by atoms with Gasteiger partial charge in [-0.2, -0.15) is 12.6 Å². The van der Waals surface area contributed by atoms with Gasteiger partial charge in [0.1, 0.15) is 11.9 Å². The van der Waals surface area contributed by atoms with Crippen LogP contribution in [0.1, 0.15) is 17.4 Å². The number of pyridine rings is 1. The van der Waals surface area contributed by atoms with E-state index in [2.05, 4.69) is 17.6 Å². The fraction of sp³-hybridized carbons (Fsp3) is 0.444. The molecule has 0 radical (unpaired) electrons. The van der Waals surface area contributed by atoms with Crippen LogP contribution in [0, 0.1) is 6.92 Å². The summed E-state index contributed by atoms with van der Waals surface area (Å²) in [6, 6.07) is 1.52. The van der Waals surface area contributed by atoms with E-state index in [1.165, 1.54) is 6.07 Å². The van der Waals surface area contributed by atoms with Gasteiger partial charge in [-0.15, -0.1) is 0 Å². The van der Waals surface area contributed by atoms with E-state index in [4.69, 9.17) is 11.5 Å². The van der Waals surface area contributed by atoms with E-state index in [-0.39, 0.29) is 11.6 Å². The van der Waals surface area contributed by atoms with Crippen molar-refractivity contribution in [1.82, 2.24) is 4.98 Å². The smallest absolute Gasteiger partial charge is 0.146 e. The maximum Gasteiger partial charge on any atom is 0.146 e. The molecule has 84 valence electrons. The highest BCUT2D eigenvalue weighted by Crippen LogP contribution is 2.25. The van der Waals surface area contributed by atoms with Gasteiger partial charge in [-0.25, -0.2) is 4.98 Å². The van der Waals surface area contributed by atoms with Crippen LogP contribution in [0.2, 0.25) is 0 Å². The Kier molecular flexibility index (Phi) is 3.78. The van der Waals surface area contributed by atoms with Crippen LogP contribution in [-0.4, -0.2) is 27.1 Å². The predicted molar refractivity (Wildman–Crippen MR) is 62.6 cm³/mol. The molecule has 0 bridgehead atoms. The third kappa shape index (κ3) is 2.53. The van der Waals surface area contributed by atoms with Crippen molar-refractivity contribution in [3.8, 4) is 0 Å². The zero-order chi connectivity index (χ0) is 11.6. The normalized spacial score (nSPS) is 14.9. The number of nitrogens with zero attached hydrogens (tertiary/aromatic N) is 1. The maximum absolute atomic E-state index is 9.75. The average Bonchev–Trinajstić information content (AvgIpc) is 2.21. The second-order valence-electron chi connectivity index (χ2n) is 3.33. The maximum atomic E-state index is 9.75. The minimum Gasteiger partial charge on any atom is -0.396 e. The van der Waals surface area contributed by atoms with Gasteiger partial charge in [0.05, 0.1) is 11.8 Å². The number of anilines is 2. The van der Waals surface area contributed by atoms with Crippen LogP contribution in [-0.2, 0) is 0 Å². The molecule has 0 aliphatic rings. The molecule has 0 fully saturated rings. The quantitative estimate of drug-likeness (QED) is 0.465. The van der Waals surface area contributed by atoms with E-state index in [1.54, 1.807) is 6.92 Å². The summed E-state index contributed by atoms with van der Waals surface area (Å²) in [5.41, 5.74) is 12.4. The summed E-state index contributed by atoms with van der Waals surface area (Å²) >= 11 is 3.90. The Labute approximate surface area is 93.5 Å². The molecule has 0 spiro atoms. The average molecular weight is 229 g/mol. The van der Waals surface area contributed by atoms with Crippen molar-refractivity contribution in [1.29, 1.82) is 0 Å². The first-order chi connectivity index (χ1) is 6.97. The van der Waals surface area contributed by atoms with E-state index < -0.39 is 12.2 Å². The van der Waals surface area contributed by atoms with Gasteiger partial charge < -0.3 is 21.7 Å². The molecule has 1 aromatic heterocycles. The van der Waals surface area contributed by atoms with Gasteiger partial charge in [-0.3, -0.25) is 0 Å². The van der Waals surface area contributed by atoms with Gasteiger partial charge in [0.25, 0.3) is 0 Å². The van der Waals surface area contributed by atoms with Gasteiger partial charge in [-0.1, -0.05) is 0 Å². The Morgan fingerprint density at radius 3 is 2.60 bits per heavy atom. The molecule has 1 heterocycles. The number of nitrogen functional groups attached to an aromatic ring is 2. The Morgan fingerprint density at radius 1 is 1.47 bits per heavy atom. The van der Waals surface area contributed by atoms with Crippen molar-refractivity contribution in [2.75, 3.05) is 17.2 Å². The molecule has 0 amide bonds. The second-order valence-corrected chi connectivity index (χ2v) is 3.70. The third-order valence-corrected chi connectivity index (χ3v) is 2.56. The number of nitrogens with two attached hydrogens (primary N) is 2. The van der Waals surface area contributed by atoms with Gasteiger partial charge in [0.2, 0.25) is 0 Å². The van der Waals surface area contributed by atoms with Crippen molar-refractivity contribution in [3.63, 3.8) is 0 Å². The Bertz CT molecular complexity index is 359. The standard InChI is InChI=1S/C9H15N3O2S/c1-4-5(8(14)7(13)3-15)2-6(10)9(11)12-4/h2,7-8,13-15H,3,10H2,1H3,(H2,11,12). The predicted octanol–water partition coefficient (Wildman–Crippen LogP) is -0.121. The largest absolute Gasteiger partial charge is 0.396 e. The number of aromatic nitrogens is 1. The second kappa shape index (κ2) is 4.69. The van der Waals surface area contributed by atoms with E-state index in [0.29, 0.717) is 16.9 Å². The minimum absolute atomic E-state index is 0.158. The highest BCUT2D eigenvalue weighted by molar-refractivity contribution is 7.80. The highest BCUT2D eigenvalue weighted by Gasteiger charge is 2.20. The molecule has 15 heavy (non-hydrogen) atoms. The molecule has 5 nitrogen and oxygen atoms in total. The molecule has 2 atom stereocenters. The molecule has 2 unspecified atom stereocenters. The molecule has 0 aliphatic carbocycles. The van der Waals surface area contributed by atoms with E-state index in [1.807, 2.05) is 0 Å². The van der Waals surface area contributed by atoms with Gasteiger partial charge in [0.15, 0.2) is 0 Å². The van der Waals surface area contributed by atoms with Crippen molar-refractivity contribution in [2.45, 2.75) is 19.1 Å². The van der Waals surface area contributed by atoms with Gasteiger partial charge in [0, 0.05) is 17.0 Å². The number of aliphatic hydroxyl groups excluding tert-OH is 2. The Balaban J connectivity index is 3.09. The summed E-state index contributed by atoms with van der Waals surface area (Å²) in [4.78, 5) is 3.97. The molecule has 0 aliphatic heterocycles. The molecule has 1 rings (SSSR count). The first-order valence-electron chi connectivity index (χ1n) is 4.46. The lowest BCUT2D eigenvalue weighted by atomic mass is 10.0. The summed E-state index contributed by atoms with van der Waals surface area (Å²) in [6.45, 7) is 1.69. The first-order valence-corrected chi connectivity index (χ1v) is 5.10. The lowest BCUT2D eigenvalue weighted by Gasteiger charge is -2.18. The van der Waals surface area contributed by atoms with Crippen LogP contribution in [0.5, 0.6) is 0 Å². The van der Waals surface area contributed by atoms with Crippen LogP contribution in [0.4, 0.5) is 11.5 Å². The number of aryl methyl sites for hydroxylation is 1. The zero-order valence-corrected chi connectivity index (χ0v) is 9.28. The van der Waals surface area contributed by atoms with Crippen LogP contribution in [0.15, 0.2) is 6.07 Å². The molecule has 1 aromatic rings. The number of hydrogen-bond donors (Lipinski definition) is 5. The highest BCUT2D eigenvalue weighted by atomic mass is 32.1. The first kappa shape index (κ1) is 12.1. The molecule has 6 N–H and O–H groups in total. The lowest BCUT2D eigenvalue weighted by molar-refractivity contribution is 0.0332. The Hall–Kier alpha value is -0.980. The summed E-state index contributed by atoms with van der Waals surface area (Å²) in [6.07, 6.45) is -1.99. The summed E-state index contributed by atoms with van der Waals surface area (Å²) < 4.78 is 0. The van der Waals surface area contributed by atoms with Crippen LogP contribution in [0.25, 0.3) is 0 Å². The van der Waals surface area contributed by atoms with Gasteiger partial charge >= 0.3 is 0 Å². The molecule has 6 heteroatoms. The van der Waals surface area contributed by atoms with Gasteiger partial charge in [-0.05, 0) is 13.0 Å². The number of aliphatic hydroxyl groups is 2. The lowest BCUT2D eigenvalue weighted by Crippen LogP contribution is -2.21. The van der Waals surface area contributed by atoms with Crippen molar-refractivity contribution in [3.05, 3.63) is 17.3 Å². The van der Waals surface area contributed by atoms with Crippen molar-refractivity contribution in [2.24, 2.45) is 0 Å². The Morgan fingerprint density at radius 2 is 2.07 bits per heavy atom. The number of rotatable bonds is 3. The van der Waals surface area contributed by atoms with Crippen molar-refractivity contribution < 1.29 is 10.2 Å². The minimum atomic E-state index is -1.04. The zero-order valence-electron chi connectivity index (χ0n) is 8.38. The summed E-state index contributed by atoms with van der Waals surface area (Å²) in [5.74, 6) is 0.383.